The van der Waals surface area contributed by atoms with E-state index in [2.05, 4.69) is 5.32 Å². The average molecular weight is 539 g/mol. The van der Waals surface area contributed by atoms with E-state index in [0.717, 1.165) is 18.6 Å². The number of nitrogens with zero attached hydrogens (tertiary/aromatic N) is 1. The van der Waals surface area contributed by atoms with E-state index in [0.29, 0.717) is 42.4 Å². The minimum absolute atomic E-state index is 0.0209. The number of aliphatic hydroxyl groups excluding tert-OH is 1. The molecule has 2 aromatic carbocycles. The highest BCUT2D eigenvalue weighted by Gasteiger charge is 2.48. The molecule has 0 spiro atoms. The number of hydrogen-bond donors (Lipinski definition) is 4. The third-order valence-electron chi connectivity index (χ3n) is 7.15. The molecule has 0 aliphatic carbocycles. The van der Waals surface area contributed by atoms with Gasteiger partial charge >= 0.3 is 11.9 Å². The van der Waals surface area contributed by atoms with Crippen LogP contribution in [0.25, 0.3) is 0 Å². The maximum Gasteiger partial charge on any atom is 0.334 e. The van der Waals surface area contributed by atoms with Crippen LogP contribution in [0, 0.1) is 0 Å². The number of nitrogens with one attached hydrogen (secondary N) is 1. The van der Waals surface area contributed by atoms with Crippen molar-refractivity contribution in [3.63, 3.8) is 0 Å². The lowest BCUT2D eigenvalue weighted by Crippen LogP contribution is -2.43. The van der Waals surface area contributed by atoms with Crippen molar-refractivity contribution in [3.05, 3.63) is 82.7 Å². The highest BCUT2D eigenvalue weighted by atomic mass is 16.5. The lowest BCUT2D eigenvalue weighted by Gasteiger charge is -2.41. The molecule has 0 aromatic heterocycles. The fourth-order valence-corrected chi connectivity index (χ4v) is 4.94. The fraction of sp³-hybridized carbons (Fsp3) is 0.400. The van der Waals surface area contributed by atoms with Gasteiger partial charge in [0, 0.05) is 25.0 Å². The second-order valence-electron chi connectivity index (χ2n) is 9.78. The second kappa shape index (κ2) is 13.3. The molecule has 0 fully saturated rings. The van der Waals surface area contributed by atoms with E-state index in [1.165, 1.54) is 0 Å². The zero-order chi connectivity index (χ0) is 28.6. The summed E-state index contributed by atoms with van der Waals surface area (Å²) in [6, 6.07) is 16.3. The van der Waals surface area contributed by atoms with Crippen LogP contribution >= 0.6 is 0 Å². The molecule has 1 aliphatic rings. The van der Waals surface area contributed by atoms with Gasteiger partial charge in [-0.3, -0.25) is 0 Å². The standard InChI is InChI=1S/C30H38N2O7/c1-20-26(28(34)35)30(3,27(29(36)37)21(2)32(20)4)22-11-10-14-25(17-22)38-16-9-8-15-31-18-23(33)19-39-24-12-6-5-7-13-24/h5-7,10-14,17,23,31,33H,8-9,15-16,18-19H2,1-4H3,(H,34,35)(H,36,37). The minimum Gasteiger partial charge on any atom is -0.494 e. The van der Waals surface area contributed by atoms with Gasteiger partial charge in [-0.15, -0.1) is 0 Å². The summed E-state index contributed by atoms with van der Waals surface area (Å²) in [6.45, 7) is 6.79. The topological polar surface area (TPSA) is 129 Å². The number of aliphatic hydroxyl groups is 1. The van der Waals surface area contributed by atoms with Gasteiger partial charge in [-0.25, -0.2) is 9.59 Å². The minimum atomic E-state index is -1.37. The van der Waals surface area contributed by atoms with Crippen LogP contribution in [0.4, 0.5) is 0 Å². The fourth-order valence-electron chi connectivity index (χ4n) is 4.94. The number of rotatable bonds is 14. The van der Waals surface area contributed by atoms with Gasteiger partial charge in [0.05, 0.1) is 23.2 Å². The van der Waals surface area contributed by atoms with Crippen molar-refractivity contribution in [2.24, 2.45) is 0 Å². The molecule has 9 nitrogen and oxygen atoms in total. The Balaban J connectivity index is 1.55. The Morgan fingerprint density at radius 1 is 0.923 bits per heavy atom. The van der Waals surface area contributed by atoms with Crippen LogP contribution in [0.3, 0.4) is 0 Å². The van der Waals surface area contributed by atoms with Gasteiger partial charge in [-0.05, 0) is 70.0 Å². The van der Waals surface area contributed by atoms with E-state index in [9.17, 15) is 24.9 Å². The molecule has 4 N–H and O–H groups in total. The number of carboxylic acids is 2. The van der Waals surface area contributed by atoms with Crippen LogP contribution in [0.2, 0.25) is 0 Å². The summed E-state index contributed by atoms with van der Waals surface area (Å²) >= 11 is 0. The number of aliphatic carboxylic acids is 2. The predicted molar refractivity (Wildman–Crippen MR) is 148 cm³/mol. The Bertz CT molecular complexity index is 1180. The third kappa shape index (κ3) is 6.99. The first kappa shape index (κ1) is 29.7. The van der Waals surface area contributed by atoms with Crippen molar-refractivity contribution in [3.8, 4) is 11.5 Å². The van der Waals surface area contributed by atoms with Gasteiger partial charge in [-0.1, -0.05) is 30.3 Å². The Labute approximate surface area is 229 Å². The van der Waals surface area contributed by atoms with E-state index in [1.54, 1.807) is 57.0 Å². The van der Waals surface area contributed by atoms with E-state index in [4.69, 9.17) is 9.47 Å². The Morgan fingerprint density at radius 3 is 2.15 bits per heavy atom. The summed E-state index contributed by atoms with van der Waals surface area (Å²) in [5.74, 6) is -1.07. The van der Waals surface area contributed by atoms with Crippen LogP contribution in [0.15, 0.2) is 77.1 Å². The lowest BCUT2D eigenvalue weighted by molar-refractivity contribution is -0.134. The zero-order valence-electron chi connectivity index (χ0n) is 22.9. The molecular weight excluding hydrogens is 500 g/mol. The van der Waals surface area contributed by atoms with Crippen LogP contribution in [0.5, 0.6) is 11.5 Å². The van der Waals surface area contributed by atoms with Crippen LogP contribution in [-0.2, 0) is 15.0 Å². The first-order valence-corrected chi connectivity index (χ1v) is 13.0. The average Bonchev–Trinajstić information content (AvgIpc) is 2.90. The van der Waals surface area contributed by atoms with Crippen LogP contribution in [0.1, 0.15) is 39.2 Å². The number of hydrogen-bond acceptors (Lipinski definition) is 7. The molecule has 9 heteroatoms. The van der Waals surface area contributed by atoms with Crippen LogP contribution in [-0.4, -0.2) is 71.6 Å². The van der Waals surface area contributed by atoms with Gasteiger partial charge in [0.2, 0.25) is 0 Å². The molecule has 210 valence electrons. The predicted octanol–water partition coefficient (Wildman–Crippen LogP) is 3.80. The summed E-state index contributed by atoms with van der Waals surface area (Å²) < 4.78 is 11.5. The van der Waals surface area contributed by atoms with Gasteiger partial charge < -0.3 is 35.0 Å². The highest BCUT2D eigenvalue weighted by molar-refractivity contribution is 6.00. The summed E-state index contributed by atoms with van der Waals surface area (Å²) in [7, 11) is 1.67. The summed E-state index contributed by atoms with van der Waals surface area (Å²) in [5, 5.41) is 33.4. The van der Waals surface area contributed by atoms with E-state index >= 15 is 0 Å². The summed E-state index contributed by atoms with van der Waals surface area (Å²) in [6.07, 6.45) is 0.966. The van der Waals surface area contributed by atoms with Gasteiger partial charge in [-0.2, -0.15) is 0 Å². The van der Waals surface area contributed by atoms with Crippen molar-refractivity contribution in [2.75, 3.05) is 33.4 Å². The molecular formula is C30H38N2O7. The van der Waals surface area contributed by atoms with Crippen molar-refractivity contribution in [1.82, 2.24) is 10.2 Å². The molecule has 1 unspecified atom stereocenters. The maximum atomic E-state index is 12.3. The van der Waals surface area contributed by atoms with E-state index < -0.39 is 23.5 Å². The van der Waals surface area contributed by atoms with Crippen molar-refractivity contribution in [1.29, 1.82) is 0 Å². The third-order valence-corrected chi connectivity index (χ3v) is 7.15. The molecule has 1 heterocycles. The zero-order valence-corrected chi connectivity index (χ0v) is 22.9. The number of carbonyl (C=O) groups is 2. The molecule has 2 aromatic rings. The number of unbranched alkanes of at least 4 members (excludes halogenated alkanes) is 1. The van der Waals surface area contributed by atoms with Crippen molar-refractivity contribution in [2.45, 2.75) is 45.1 Å². The number of benzene rings is 2. The SMILES string of the molecule is CC1=C(C(=O)O)C(C)(c2cccc(OCCCCNCC(O)COc3ccccc3)c2)C(C(=O)O)=C(C)N1C. The Kier molecular flexibility index (Phi) is 10.1. The molecule has 1 aliphatic heterocycles. The largest absolute Gasteiger partial charge is 0.494 e. The number of ether oxygens (including phenoxy) is 2. The first-order chi connectivity index (χ1) is 18.6. The summed E-state index contributed by atoms with van der Waals surface area (Å²) in [4.78, 5) is 26.3. The number of carboxylic acid groups (broad SMARTS) is 2. The normalized spacial score (nSPS) is 15.8. The lowest BCUT2D eigenvalue weighted by atomic mass is 9.67. The number of allylic oxidation sites excluding steroid dienone is 2. The van der Waals surface area contributed by atoms with Gasteiger partial charge in [0.1, 0.15) is 24.2 Å². The van der Waals surface area contributed by atoms with Gasteiger partial charge in [0.15, 0.2) is 0 Å². The van der Waals surface area contributed by atoms with E-state index in [1.807, 2.05) is 30.3 Å². The molecule has 39 heavy (non-hydrogen) atoms. The van der Waals surface area contributed by atoms with E-state index in [-0.39, 0.29) is 17.8 Å². The highest BCUT2D eigenvalue weighted by Crippen LogP contribution is 2.47. The Hall–Kier alpha value is -3.82. The monoisotopic (exact) mass is 538 g/mol. The molecule has 3 rings (SSSR count). The molecule has 0 amide bonds. The summed E-state index contributed by atoms with van der Waals surface area (Å²) in [5.41, 5.74) is 0.188. The Morgan fingerprint density at radius 2 is 1.54 bits per heavy atom. The number of para-hydroxylation sites is 1. The van der Waals surface area contributed by atoms with Crippen LogP contribution < -0.4 is 14.8 Å². The quantitative estimate of drug-likeness (QED) is 0.266. The van der Waals surface area contributed by atoms with Crippen molar-refractivity contribution < 1.29 is 34.4 Å². The molecule has 0 radical (unpaired) electrons. The van der Waals surface area contributed by atoms with Gasteiger partial charge in [0.25, 0.3) is 0 Å². The smallest absolute Gasteiger partial charge is 0.334 e. The maximum absolute atomic E-state index is 12.3. The van der Waals surface area contributed by atoms with Crippen molar-refractivity contribution >= 4 is 11.9 Å². The molecule has 0 bridgehead atoms. The first-order valence-electron chi connectivity index (χ1n) is 13.0. The second-order valence-corrected chi connectivity index (χ2v) is 9.78. The molecule has 0 saturated heterocycles. The molecule has 1 atom stereocenters. The molecule has 0 saturated carbocycles.